The minimum absolute atomic E-state index is 0.104. The average Bonchev–Trinajstić information content (AvgIpc) is 3.71. The summed E-state index contributed by atoms with van der Waals surface area (Å²) < 4.78 is 5.12. The zero-order valence-corrected chi connectivity index (χ0v) is 28.6. The Balaban J connectivity index is 2.03. The van der Waals surface area contributed by atoms with E-state index in [0.717, 1.165) is 50.7 Å². The van der Waals surface area contributed by atoms with Gasteiger partial charge in [0.1, 0.15) is 0 Å². The maximum Gasteiger partial charge on any atom is 0.310 e. The van der Waals surface area contributed by atoms with Crippen molar-refractivity contribution in [2.45, 2.75) is 85.2 Å². The minimum atomic E-state index is -0.939. The van der Waals surface area contributed by atoms with Gasteiger partial charge in [-0.3, -0.25) is 19.4 Å². The largest absolute Gasteiger partial charge is 0.481 e. The number of amides is 1. The Hall–Kier alpha value is -5.03. The molecule has 3 aromatic rings. The maximum absolute atomic E-state index is 13.8. The molecule has 11 nitrogen and oxygen atoms in total. The van der Waals surface area contributed by atoms with Crippen LogP contribution in [0.2, 0.25) is 0 Å². The van der Waals surface area contributed by atoms with Gasteiger partial charge in [0.05, 0.1) is 42.4 Å². The van der Waals surface area contributed by atoms with E-state index in [1.807, 2.05) is 39.0 Å². The van der Waals surface area contributed by atoms with Gasteiger partial charge in [-0.15, -0.1) is 0 Å². The SMILES string of the molecule is C=Cc1c(C)c2cc3nc(c(CC(=O)OC)c4nc(cc5[nH]c(cc1[nH]2)c(C)c5CC)C(C)=C4C(=O)NC(C)N)C(CCC(=O)O)C3C. The first-order chi connectivity index (χ1) is 22.8. The third kappa shape index (κ3) is 6.29. The fourth-order valence-electron chi connectivity index (χ4n) is 6.89. The summed E-state index contributed by atoms with van der Waals surface area (Å²) in [6.45, 7) is 15.8. The number of carboxylic acids is 1. The summed E-state index contributed by atoms with van der Waals surface area (Å²) in [6, 6.07) is 5.98. The first-order valence-electron chi connectivity index (χ1n) is 16.2. The quantitative estimate of drug-likeness (QED) is 0.139. The summed E-state index contributed by atoms with van der Waals surface area (Å²) in [5.74, 6) is -2.51. The molecule has 1 amide bonds. The van der Waals surface area contributed by atoms with Crippen molar-refractivity contribution in [1.29, 1.82) is 0 Å². The van der Waals surface area contributed by atoms with Gasteiger partial charge in [0.15, 0.2) is 0 Å². The summed E-state index contributed by atoms with van der Waals surface area (Å²) in [4.78, 5) is 56.0. The number of esters is 1. The van der Waals surface area contributed by atoms with E-state index in [9.17, 15) is 19.5 Å². The van der Waals surface area contributed by atoms with Crippen LogP contribution in [0.3, 0.4) is 0 Å². The number of carboxylic acid groups (broad SMARTS) is 1. The monoisotopic (exact) mass is 652 g/mol. The number of aliphatic carboxylic acids is 1. The molecule has 0 aliphatic carbocycles. The molecule has 0 spiro atoms. The first kappa shape index (κ1) is 34.3. The summed E-state index contributed by atoms with van der Waals surface area (Å²) in [6.07, 6.45) is 1.87. The van der Waals surface area contributed by atoms with Crippen LogP contribution in [0.5, 0.6) is 0 Å². The zero-order valence-electron chi connectivity index (χ0n) is 28.6. The molecule has 0 fully saturated rings. The second kappa shape index (κ2) is 13.6. The number of rotatable bonds is 9. The number of nitrogens with one attached hydrogen (secondary N) is 3. The van der Waals surface area contributed by atoms with E-state index < -0.39 is 24.0 Å². The molecule has 0 saturated carbocycles. The molecule has 0 saturated heterocycles. The Morgan fingerprint density at radius 3 is 2.38 bits per heavy atom. The molecule has 48 heavy (non-hydrogen) atoms. The summed E-state index contributed by atoms with van der Waals surface area (Å²) in [5.41, 5.74) is 17.0. The number of allylic oxidation sites excluding steroid dienone is 1. The highest BCUT2D eigenvalue weighted by molar-refractivity contribution is 6.27. The summed E-state index contributed by atoms with van der Waals surface area (Å²) >= 11 is 0. The van der Waals surface area contributed by atoms with Crippen LogP contribution in [0.25, 0.3) is 39.3 Å². The smallest absolute Gasteiger partial charge is 0.310 e. The number of aromatic amines is 2. The molecule has 11 heteroatoms. The molecule has 0 radical (unpaired) electrons. The molecule has 6 N–H and O–H groups in total. The Labute approximate surface area is 279 Å². The van der Waals surface area contributed by atoms with Crippen LogP contribution in [0.15, 0.2) is 24.8 Å². The van der Waals surface area contributed by atoms with Gasteiger partial charge in [-0.25, -0.2) is 4.98 Å². The van der Waals surface area contributed by atoms with Crippen LogP contribution in [0.4, 0.5) is 0 Å². The minimum Gasteiger partial charge on any atom is -0.481 e. The van der Waals surface area contributed by atoms with Crippen LogP contribution in [0.1, 0.15) is 103 Å². The number of hydrogen-bond donors (Lipinski definition) is 5. The lowest BCUT2D eigenvalue weighted by molar-refractivity contribution is -0.140. The molecule has 3 aromatic heterocycles. The Bertz CT molecular complexity index is 2030. The molecule has 3 atom stereocenters. The molecular formula is C37H44N6O5. The van der Waals surface area contributed by atoms with Gasteiger partial charge < -0.3 is 30.9 Å². The van der Waals surface area contributed by atoms with Crippen LogP contribution >= 0.6 is 0 Å². The Kier molecular flexibility index (Phi) is 9.72. The number of fused-ring (bicyclic) bond motifs is 8. The van der Waals surface area contributed by atoms with Crippen molar-refractivity contribution in [3.05, 3.63) is 75.4 Å². The number of carbonyl (C=O) groups is 3. The molecular weight excluding hydrogens is 608 g/mol. The summed E-state index contributed by atoms with van der Waals surface area (Å²) in [7, 11) is 1.30. The predicted octanol–water partition coefficient (Wildman–Crippen LogP) is 5.96. The van der Waals surface area contributed by atoms with Gasteiger partial charge in [0.25, 0.3) is 5.91 Å². The van der Waals surface area contributed by atoms with Crippen LogP contribution in [0, 0.1) is 13.8 Å². The number of hydrogen-bond acceptors (Lipinski definition) is 7. The number of carbonyl (C=O) groups excluding carboxylic acids is 2. The predicted molar refractivity (Wildman–Crippen MR) is 188 cm³/mol. The lowest BCUT2D eigenvalue weighted by Crippen LogP contribution is -2.39. The summed E-state index contributed by atoms with van der Waals surface area (Å²) in [5, 5.41) is 12.5. The topological polar surface area (TPSA) is 176 Å². The van der Waals surface area contributed by atoms with Gasteiger partial charge in [-0.1, -0.05) is 26.5 Å². The van der Waals surface area contributed by atoms with E-state index in [1.165, 1.54) is 7.11 Å². The van der Waals surface area contributed by atoms with Crippen molar-refractivity contribution in [3.8, 4) is 0 Å². The van der Waals surface area contributed by atoms with Crippen LogP contribution in [-0.4, -0.2) is 56.2 Å². The molecule has 3 unspecified atom stereocenters. The standard InChI is InChI=1S/C37H44N6O5/c1-9-22-17(3)26-14-28-19(5)24(11-12-32(44)45)35(42-28)25(13-33(46)48-8)36-34(37(47)39-21(7)38)20(6)29(43-36)16-31-23(10-2)18(4)27(41-31)15-30(22)40-26/h9,14-16,19,21,24,40-41H,1,10-13,38H2,2-8H3,(H,39,47)(H,44,45). The number of nitrogens with zero attached hydrogens (tertiary/aromatic N) is 2. The van der Waals surface area contributed by atoms with E-state index in [0.29, 0.717) is 33.9 Å². The zero-order chi connectivity index (χ0) is 35.0. The Morgan fingerprint density at radius 1 is 1.06 bits per heavy atom. The van der Waals surface area contributed by atoms with E-state index in [-0.39, 0.29) is 36.7 Å². The van der Waals surface area contributed by atoms with Crippen molar-refractivity contribution < 1.29 is 24.2 Å². The highest BCUT2D eigenvalue weighted by Gasteiger charge is 2.35. The number of ether oxygens (including phenoxy) is 1. The van der Waals surface area contributed by atoms with E-state index in [2.05, 4.69) is 41.8 Å². The van der Waals surface area contributed by atoms with Crippen molar-refractivity contribution in [2.75, 3.05) is 7.11 Å². The molecule has 2 aliphatic rings. The molecule has 252 valence electrons. The first-order valence-corrected chi connectivity index (χ1v) is 16.2. The third-order valence-electron chi connectivity index (χ3n) is 9.54. The van der Waals surface area contributed by atoms with Gasteiger partial charge in [-0.05, 0) is 81.0 Å². The van der Waals surface area contributed by atoms with Gasteiger partial charge >= 0.3 is 11.9 Å². The molecule has 2 aliphatic heterocycles. The van der Waals surface area contributed by atoms with Gasteiger partial charge in [0, 0.05) is 57.1 Å². The van der Waals surface area contributed by atoms with Gasteiger partial charge in [-0.2, -0.15) is 0 Å². The van der Waals surface area contributed by atoms with Crippen molar-refractivity contribution >= 4 is 57.1 Å². The van der Waals surface area contributed by atoms with Crippen molar-refractivity contribution in [3.63, 3.8) is 0 Å². The van der Waals surface area contributed by atoms with E-state index in [4.69, 9.17) is 20.4 Å². The second-order valence-corrected chi connectivity index (χ2v) is 12.6. The Morgan fingerprint density at radius 2 is 1.75 bits per heavy atom. The molecule has 8 bridgehead atoms. The molecule has 5 heterocycles. The molecule has 0 aromatic carbocycles. The van der Waals surface area contributed by atoms with Crippen molar-refractivity contribution in [1.82, 2.24) is 25.3 Å². The maximum atomic E-state index is 13.8. The van der Waals surface area contributed by atoms with Crippen LogP contribution < -0.4 is 11.1 Å². The number of aromatic nitrogens is 4. The van der Waals surface area contributed by atoms with Crippen LogP contribution in [-0.2, 0) is 32.0 Å². The highest BCUT2D eigenvalue weighted by atomic mass is 16.5. The van der Waals surface area contributed by atoms with E-state index >= 15 is 0 Å². The van der Waals surface area contributed by atoms with Gasteiger partial charge in [0.2, 0.25) is 0 Å². The third-order valence-corrected chi connectivity index (χ3v) is 9.54. The average molecular weight is 653 g/mol. The molecule has 5 rings (SSSR count). The number of H-pyrrole nitrogens is 2. The highest BCUT2D eigenvalue weighted by Crippen LogP contribution is 2.43. The number of methoxy groups -OCH3 is 1. The fraction of sp³-hybridized carbons (Fsp3) is 0.378. The lowest BCUT2D eigenvalue weighted by atomic mass is 9.84. The second-order valence-electron chi connectivity index (χ2n) is 12.6. The fourth-order valence-corrected chi connectivity index (χ4v) is 6.89. The number of nitrogens with two attached hydrogens (primary N) is 1. The van der Waals surface area contributed by atoms with Crippen molar-refractivity contribution in [2.24, 2.45) is 5.73 Å². The van der Waals surface area contributed by atoms with E-state index in [1.54, 1.807) is 6.92 Å². The normalized spacial score (nSPS) is 16.5. The number of aryl methyl sites for hydroxylation is 3. The lowest BCUT2D eigenvalue weighted by Gasteiger charge is -2.18.